The quantitative estimate of drug-likeness (QED) is 0.743. The van der Waals surface area contributed by atoms with Crippen molar-refractivity contribution in [2.75, 3.05) is 13.1 Å². The fourth-order valence-corrected chi connectivity index (χ4v) is 4.77. The van der Waals surface area contributed by atoms with Crippen LogP contribution in [0, 0.1) is 11.6 Å². The number of aliphatic hydroxyl groups is 1. The number of thioether (sulfide) groups is 1. The highest BCUT2D eigenvalue weighted by atomic mass is 32.2. The molecule has 1 N–H and O–H groups in total. The summed E-state index contributed by atoms with van der Waals surface area (Å²) in [7, 11) is 0. The van der Waals surface area contributed by atoms with Crippen molar-refractivity contribution in [1.29, 1.82) is 0 Å². The van der Waals surface area contributed by atoms with Crippen LogP contribution in [0.25, 0.3) is 0 Å². The predicted molar refractivity (Wildman–Crippen MR) is 109 cm³/mol. The Bertz CT molecular complexity index is 885. The summed E-state index contributed by atoms with van der Waals surface area (Å²) in [6.45, 7) is 8.08. The fraction of sp³-hybridized carbons (Fsp3) is 0.550. The molecule has 2 aromatic rings. The average Bonchev–Trinajstić information content (AvgIpc) is 3.08. The van der Waals surface area contributed by atoms with Crippen LogP contribution in [0.4, 0.5) is 13.6 Å². The van der Waals surface area contributed by atoms with Gasteiger partial charge in [0, 0.05) is 35.2 Å². The van der Waals surface area contributed by atoms with Crippen LogP contribution in [0.5, 0.6) is 0 Å². The van der Waals surface area contributed by atoms with Gasteiger partial charge in [0.15, 0.2) is 0 Å². The molecule has 10 heteroatoms. The number of carbonyl (C=O) groups is 1. The van der Waals surface area contributed by atoms with Gasteiger partial charge in [-0.05, 0) is 26.8 Å². The van der Waals surface area contributed by atoms with Gasteiger partial charge in [-0.3, -0.25) is 0 Å². The maximum absolute atomic E-state index is 14.6. The number of nitrogens with zero attached hydrogens (tertiary/aromatic N) is 4. The summed E-state index contributed by atoms with van der Waals surface area (Å²) in [5, 5.41) is 15.1. The average molecular weight is 441 g/mol. The first-order chi connectivity index (χ1) is 14.0. The van der Waals surface area contributed by atoms with Crippen LogP contribution >= 0.6 is 11.8 Å². The Morgan fingerprint density at radius 2 is 2.07 bits per heavy atom. The summed E-state index contributed by atoms with van der Waals surface area (Å²) >= 11 is 1.44. The molecular weight excluding hydrogens is 414 g/mol. The second-order valence-electron chi connectivity index (χ2n) is 8.43. The third kappa shape index (κ3) is 5.10. The first kappa shape index (κ1) is 22.5. The second kappa shape index (κ2) is 8.50. The smallest absolute Gasteiger partial charge is 0.410 e. The summed E-state index contributed by atoms with van der Waals surface area (Å²) in [4.78, 5) is 17.6. The standard InChI is InChI=1S/C20H26F2N4O3S/c1-13(30-15-8-25(9-15)18(27)29-19(2,3)4)20(28,10-26-12-23-11-24-26)16-6-5-14(21)7-17(16)22/h5-7,11-13,15,28H,8-10H2,1-4H3/t13-,20-/m1/s1. The number of hydrogen-bond donors (Lipinski definition) is 1. The molecule has 7 nitrogen and oxygen atoms in total. The molecule has 0 spiro atoms. The van der Waals surface area contributed by atoms with Gasteiger partial charge in [0.05, 0.1) is 6.54 Å². The molecule has 1 fully saturated rings. The Morgan fingerprint density at radius 3 is 2.63 bits per heavy atom. The lowest BCUT2D eigenvalue weighted by molar-refractivity contribution is 0.0103. The molecule has 1 amide bonds. The Hall–Kier alpha value is -2.20. The first-order valence-electron chi connectivity index (χ1n) is 9.61. The van der Waals surface area contributed by atoms with Gasteiger partial charge in [-0.2, -0.15) is 5.10 Å². The van der Waals surface area contributed by atoms with Crippen LogP contribution < -0.4 is 0 Å². The highest BCUT2D eigenvalue weighted by molar-refractivity contribution is 8.00. The van der Waals surface area contributed by atoms with E-state index in [0.29, 0.717) is 13.1 Å². The van der Waals surface area contributed by atoms with Crippen molar-refractivity contribution in [2.45, 2.75) is 55.9 Å². The number of aromatic nitrogens is 3. The molecule has 164 valence electrons. The molecule has 0 aliphatic carbocycles. The summed E-state index contributed by atoms with van der Waals surface area (Å²) in [5.41, 5.74) is -2.24. The third-order valence-electron chi connectivity index (χ3n) is 4.84. The molecule has 0 bridgehead atoms. The maximum Gasteiger partial charge on any atom is 0.410 e. The molecule has 1 aromatic carbocycles. The number of likely N-dealkylation sites (tertiary alicyclic amines) is 1. The minimum Gasteiger partial charge on any atom is -0.444 e. The molecule has 1 aromatic heterocycles. The first-order valence-corrected chi connectivity index (χ1v) is 10.6. The third-order valence-corrected chi connectivity index (χ3v) is 6.32. The van der Waals surface area contributed by atoms with E-state index < -0.39 is 28.1 Å². The topological polar surface area (TPSA) is 80.5 Å². The lowest BCUT2D eigenvalue weighted by Gasteiger charge is -2.43. The minimum absolute atomic E-state index is 0.0114. The summed E-state index contributed by atoms with van der Waals surface area (Å²) in [5.74, 6) is -1.54. The zero-order valence-corrected chi connectivity index (χ0v) is 18.2. The molecule has 3 rings (SSSR count). The van der Waals surface area contributed by atoms with Crippen molar-refractivity contribution >= 4 is 17.9 Å². The van der Waals surface area contributed by atoms with Gasteiger partial charge >= 0.3 is 6.09 Å². The molecule has 2 atom stereocenters. The SMILES string of the molecule is C[C@@H](SC1CN(C(=O)OC(C)(C)C)C1)[C@](O)(Cn1cncn1)c1ccc(F)cc1F. The summed E-state index contributed by atoms with van der Waals surface area (Å²) in [6.07, 6.45) is 2.37. The van der Waals surface area contributed by atoms with E-state index in [-0.39, 0.29) is 23.5 Å². The maximum atomic E-state index is 14.6. The van der Waals surface area contributed by atoms with E-state index in [1.807, 2.05) is 0 Å². The highest BCUT2D eigenvalue weighted by Gasteiger charge is 2.43. The highest BCUT2D eigenvalue weighted by Crippen LogP contribution is 2.39. The van der Waals surface area contributed by atoms with Crippen LogP contribution in [0.15, 0.2) is 30.9 Å². The normalized spacial score (nSPS) is 17.9. The van der Waals surface area contributed by atoms with Crippen molar-refractivity contribution in [3.05, 3.63) is 48.1 Å². The van der Waals surface area contributed by atoms with Gasteiger partial charge < -0.3 is 14.7 Å². The minimum atomic E-state index is -1.66. The van der Waals surface area contributed by atoms with Crippen molar-refractivity contribution in [2.24, 2.45) is 0 Å². The summed E-state index contributed by atoms with van der Waals surface area (Å²) in [6, 6.07) is 3.13. The number of benzene rings is 1. The number of rotatable bonds is 6. The van der Waals surface area contributed by atoms with E-state index in [2.05, 4.69) is 10.1 Å². The van der Waals surface area contributed by atoms with Crippen LogP contribution in [-0.4, -0.2) is 60.1 Å². The Labute approximate surface area is 178 Å². The molecule has 1 aliphatic rings. The monoisotopic (exact) mass is 440 g/mol. The number of ether oxygens (including phenoxy) is 1. The van der Waals surface area contributed by atoms with E-state index in [0.717, 1.165) is 12.1 Å². The van der Waals surface area contributed by atoms with Crippen molar-refractivity contribution in [1.82, 2.24) is 19.7 Å². The largest absolute Gasteiger partial charge is 0.444 e. The molecule has 2 heterocycles. The predicted octanol–water partition coefficient (Wildman–Crippen LogP) is 3.19. The summed E-state index contributed by atoms with van der Waals surface area (Å²) < 4.78 is 34.8. The zero-order chi connectivity index (χ0) is 22.1. The fourth-order valence-electron chi connectivity index (χ4n) is 3.24. The van der Waals surface area contributed by atoms with Crippen molar-refractivity contribution in [3.63, 3.8) is 0 Å². The number of halogens is 2. The van der Waals surface area contributed by atoms with Gasteiger partial charge in [-0.25, -0.2) is 23.2 Å². The van der Waals surface area contributed by atoms with Gasteiger partial charge in [0.1, 0.15) is 35.5 Å². The zero-order valence-electron chi connectivity index (χ0n) is 17.4. The van der Waals surface area contributed by atoms with E-state index in [9.17, 15) is 18.7 Å². The van der Waals surface area contributed by atoms with Crippen molar-refractivity contribution in [3.8, 4) is 0 Å². The van der Waals surface area contributed by atoms with Gasteiger partial charge in [-0.1, -0.05) is 13.0 Å². The Kier molecular flexibility index (Phi) is 6.37. The van der Waals surface area contributed by atoms with Crippen LogP contribution in [-0.2, 0) is 16.9 Å². The van der Waals surface area contributed by atoms with Gasteiger partial charge in [0.2, 0.25) is 0 Å². The molecule has 1 aliphatic heterocycles. The molecule has 0 saturated carbocycles. The molecule has 0 unspecified atom stereocenters. The number of amides is 1. The van der Waals surface area contributed by atoms with Crippen LogP contribution in [0.3, 0.4) is 0 Å². The number of hydrogen-bond acceptors (Lipinski definition) is 6. The van der Waals surface area contributed by atoms with E-state index in [4.69, 9.17) is 4.74 Å². The second-order valence-corrected chi connectivity index (χ2v) is 10.1. The van der Waals surface area contributed by atoms with E-state index in [1.165, 1.54) is 35.2 Å². The number of carbonyl (C=O) groups excluding carboxylic acids is 1. The Morgan fingerprint density at radius 1 is 1.37 bits per heavy atom. The van der Waals surface area contributed by atoms with E-state index >= 15 is 0 Å². The van der Waals surface area contributed by atoms with Crippen molar-refractivity contribution < 1.29 is 23.4 Å². The van der Waals surface area contributed by atoms with Crippen LogP contribution in [0.1, 0.15) is 33.3 Å². The lowest BCUT2D eigenvalue weighted by atomic mass is 9.90. The Balaban J connectivity index is 1.72. The van der Waals surface area contributed by atoms with Gasteiger partial charge in [-0.15, -0.1) is 11.8 Å². The lowest BCUT2D eigenvalue weighted by Crippen LogP contribution is -2.55. The molecule has 1 saturated heterocycles. The molecular formula is C20H26F2N4O3S. The van der Waals surface area contributed by atoms with Gasteiger partial charge in [0.25, 0.3) is 0 Å². The molecule has 30 heavy (non-hydrogen) atoms. The van der Waals surface area contributed by atoms with Crippen LogP contribution in [0.2, 0.25) is 0 Å². The molecule has 0 radical (unpaired) electrons. The van der Waals surface area contributed by atoms with E-state index in [1.54, 1.807) is 32.6 Å².